The maximum absolute atomic E-state index is 12.7. The molecule has 32 heavy (non-hydrogen) atoms. The number of fused-ring (bicyclic) bond motifs is 1. The first-order valence-electron chi connectivity index (χ1n) is 11.0. The van der Waals surface area contributed by atoms with Crippen LogP contribution in [0.2, 0.25) is 0 Å². The predicted octanol–water partition coefficient (Wildman–Crippen LogP) is 3.47. The predicted molar refractivity (Wildman–Crippen MR) is 125 cm³/mol. The molecule has 0 saturated carbocycles. The molecule has 3 heterocycles. The van der Waals surface area contributed by atoms with Crippen molar-refractivity contribution in [2.75, 3.05) is 38.2 Å². The molecule has 2 aromatic heterocycles. The molecule has 7 heteroatoms. The largest absolute Gasteiger partial charge is 0.379 e. The zero-order valence-electron chi connectivity index (χ0n) is 18.0. The van der Waals surface area contributed by atoms with E-state index in [4.69, 9.17) is 4.74 Å². The third kappa shape index (κ3) is 4.74. The number of anilines is 1. The summed E-state index contributed by atoms with van der Waals surface area (Å²) >= 11 is 0. The molecule has 1 amide bonds. The topological polar surface area (TPSA) is 64.3 Å². The van der Waals surface area contributed by atoms with Gasteiger partial charge in [-0.25, -0.2) is 0 Å². The Balaban J connectivity index is 1.21. The molecule has 0 aliphatic carbocycles. The summed E-state index contributed by atoms with van der Waals surface area (Å²) in [5, 5.41) is 8.36. The van der Waals surface area contributed by atoms with E-state index in [2.05, 4.69) is 38.2 Å². The Hall–Kier alpha value is -3.42. The van der Waals surface area contributed by atoms with Gasteiger partial charge in [0.1, 0.15) is 0 Å². The number of carbonyl (C=O) groups is 1. The van der Waals surface area contributed by atoms with Gasteiger partial charge in [-0.1, -0.05) is 12.1 Å². The van der Waals surface area contributed by atoms with E-state index in [9.17, 15) is 4.79 Å². The highest BCUT2D eigenvalue weighted by atomic mass is 16.5. The molecule has 5 rings (SSSR count). The number of ether oxygens (including phenoxy) is 1. The van der Waals surface area contributed by atoms with Crippen LogP contribution in [0.5, 0.6) is 0 Å². The van der Waals surface area contributed by atoms with Gasteiger partial charge >= 0.3 is 0 Å². The zero-order chi connectivity index (χ0) is 21.8. The van der Waals surface area contributed by atoms with Gasteiger partial charge in [0, 0.05) is 66.9 Å². The van der Waals surface area contributed by atoms with Gasteiger partial charge < -0.3 is 14.6 Å². The quantitative estimate of drug-likeness (QED) is 0.489. The molecule has 7 nitrogen and oxygen atoms in total. The highest BCUT2D eigenvalue weighted by Gasteiger charge is 2.11. The first-order valence-corrected chi connectivity index (χ1v) is 11.0. The fraction of sp³-hybridized carbons (Fsp3) is 0.280. The second kappa shape index (κ2) is 9.38. The van der Waals surface area contributed by atoms with Crippen molar-refractivity contribution in [3.8, 4) is 0 Å². The number of aromatic nitrogens is 3. The number of nitrogens with one attached hydrogen (secondary N) is 1. The van der Waals surface area contributed by atoms with Gasteiger partial charge in [0.05, 0.1) is 19.8 Å². The van der Waals surface area contributed by atoms with Crippen LogP contribution >= 0.6 is 0 Å². The minimum absolute atomic E-state index is 0.110. The fourth-order valence-corrected chi connectivity index (χ4v) is 4.09. The lowest BCUT2D eigenvalue weighted by Crippen LogP contribution is -2.38. The van der Waals surface area contributed by atoms with Gasteiger partial charge in [0.25, 0.3) is 5.91 Å². The van der Waals surface area contributed by atoms with Crippen molar-refractivity contribution < 1.29 is 9.53 Å². The molecule has 2 aromatic carbocycles. The van der Waals surface area contributed by atoms with Crippen LogP contribution in [0.25, 0.3) is 10.9 Å². The summed E-state index contributed by atoms with van der Waals surface area (Å²) in [6.45, 7) is 6.29. The van der Waals surface area contributed by atoms with E-state index in [0.29, 0.717) is 12.1 Å². The van der Waals surface area contributed by atoms with Crippen LogP contribution in [0.4, 0.5) is 5.69 Å². The van der Waals surface area contributed by atoms with Crippen LogP contribution in [0.15, 0.2) is 73.2 Å². The van der Waals surface area contributed by atoms with Crippen molar-refractivity contribution in [3.63, 3.8) is 0 Å². The van der Waals surface area contributed by atoms with Crippen molar-refractivity contribution in [2.24, 2.45) is 0 Å². The second-order valence-electron chi connectivity index (χ2n) is 8.09. The number of rotatable bonds is 7. The SMILES string of the molecule is O=C(Nc1ccc2c(ccn2CCN2CCOCC2)c1)c1ccc(Cn2cccn2)cc1. The lowest BCUT2D eigenvalue weighted by molar-refractivity contribution is 0.0365. The van der Waals surface area contributed by atoms with Gasteiger partial charge in [-0.05, 0) is 48.0 Å². The number of morpholine rings is 1. The normalized spacial score (nSPS) is 14.6. The van der Waals surface area contributed by atoms with Crippen molar-refractivity contribution >= 4 is 22.5 Å². The van der Waals surface area contributed by atoms with Gasteiger partial charge in [-0.2, -0.15) is 5.10 Å². The van der Waals surface area contributed by atoms with E-state index in [0.717, 1.165) is 56.0 Å². The first-order chi connectivity index (χ1) is 15.7. The monoisotopic (exact) mass is 429 g/mol. The number of amides is 1. The average molecular weight is 430 g/mol. The molecule has 0 radical (unpaired) electrons. The Morgan fingerprint density at radius 2 is 1.84 bits per heavy atom. The molecule has 1 aliphatic rings. The summed E-state index contributed by atoms with van der Waals surface area (Å²) in [5.41, 5.74) is 3.72. The van der Waals surface area contributed by atoms with E-state index >= 15 is 0 Å². The number of hydrogen-bond acceptors (Lipinski definition) is 4. The molecule has 0 spiro atoms. The van der Waals surface area contributed by atoms with E-state index in [1.165, 1.54) is 5.52 Å². The molecule has 1 fully saturated rings. The van der Waals surface area contributed by atoms with E-state index in [1.54, 1.807) is 6.20 Å². The van der Waals surface area contributed by atoms with E-state index in [1.807, 2.05) is 53.3 Å². The fourth-order valence-electron chi connectivity index (χ4n) is 4.09. The number of benzene rings is 2. The van der Waals surface area contributed by atoms with Crippen LogP contribution < -0.4 is 5.32 Å². The first kappa shape index (κ1) is 20.5. The zero-order valence-corrected chi connectivity index (χ0v) is 18.0. The van der Waals surface area contributed by atoms with Crippen LogP contribution in [0, 0.1) is 0 Å². The minimum Gasteiger partial charge on any atom is -0.379 e. The number of nitrogens with zero attached hydrogens (tertiary/aromatic N) is 4. The van der Waals surface area contributed by atoms with Crippen molar-refractivity contribution in [2.45, 2.75) is 13.1 Å². The third-order valence-corrected chi connectivity index (χ3v) is 5.91. The van der Waals surface area contributed by atoms with Crippen LogP contribution in [-0.4, -0.2) is 58.0 Å². The molecule has 1 aliphatic heterocycles. The third-order valence-electron chi connectivity index (χ3n) is 5.91. The average Bonchev–Trinajstić information content (AvgIpc) is 3.48. The van der Waals surface area contributed by atoms with Crippen molar-refractivity contribution in [1.29, 1.82) is 0 Å². The lowest BCUT2D eigenvalue weighted by atomic mass is 10.1. The molecule has 164 valence electrons. The smallest absolute Gasteiger partial charge is 0.255 e. The Bertz CT molecular complexity index is 1180. The van der Waals surface area contributed by atoms with Gasteiger partial charge in [0.15, 0.2) is 0 Å². The Labute approximate surface area is 187 Å². The standard InChI is InChI=1S/C25H27N5O2/c31-25(21-4-2-20(3-5-21)19-30-10-1-9-26-30)27-23-6-7-24-22(18-23)8-11-29(24)13-12-28-14-16-32-17-15-28/h1-11,18H,12-17,19H2,(H,27,31). The van der Waals surface area contributed by atoms with Crippen LogP contribution in [-0.2, 0) is 17.8 Å². The Kier molecular flexibility index (Phi) is 6.00. The molecule has 4 aromatic rings. The van der Waals surface area contributed by atoms with Crippen molar-refractivity contribution in [1.82, 2.24) is 19.2 Å². The number of carbonyl (C=O) groups excluding carboxylic acids is 1. The second-order valence-corrected chi connectivity index (χ2v) is 8.09. The summed E-state index contributed by atoms with van der Waals surface area (Å²) < 4.78 is 9.56. The lowest BCUT2D eigenvalue weighted by Gasteiger charge is -2.26. The summed E-state index contributed by atoms with van der Waals surface area (Å²) in [4.78, 5) is 15.1. The molecule has 0 bridgehead atoms. The summed E-state index contributed by atoms with van der Waals surface area (Å²) in [6, 6.07) is 17.7. The molecule has 1 saturated heterocycles. The maximum atomic E-state index is 12.7. The summed E-state index contributed by atoms with van der Waals surface area (Å²) in [7, 11) is 0. The molecule has 1 N–H and O–H groups in total. The number of hydrogen-bond donors (Lipinski definition) is 1. The van der Waals surface area contributed by atoms with Crippen molar-refractivity contribution in [3.05, 3.63) is 84.3 Å². The molecule has 0 unspecified atom stereocenters. The maximum Gasteiger partial charge on any atom is 0.255 e. The Morgan fingerprint density at radius 1 is 1.00 bits per heavy atom. The molecule has 0 atom stereocenters. The highest BCUT2D eigenvalue weighted by molar-refractivity contribution is 6.05. The van der Waals surface area contributed by atoms with Gasteiger partial charge in [-0.3, -0.25) is 14.4 Å². The van der Waals surface area contributed by atoms with E-state index < -0.39 is 0 Å². The minimum atomic E-state index is -0.110. The highest BCUT2D eigenvalue weighted by Crippen LogP contribution is 2.21. The van der Waals surface area contributed by atoms with Crippen LogP contribution in [0.1, 0.15) is 15.9 Å². The summed E-state index contributed by atoms with van der Waals surface area (Å²) in [5.74, 6) is -0.110. The summed E-state index contributed by atoms with van der Waals surface area (Å²) in [6.07, 6.45) is 5.80. The van der Waals surface area contributed by atoms with Crippen LogP contribution in [0.3, 0.4) is 0 Å². The van der Waals surface area contributed by atoms with Gasteiger partial charge in [-0.15, -0.1) is 0 Å². The van der Waals surface area contributed by atoms with E-state index in [-0.39, 0.29) is 5.91 Å². The molecular formula is C25H27N5O2. The molecular weight excluding hydrogens is 402 g/mol. The van der Waals surface area contributed by atoms with Gasteiger partial charge in [0.2, 0.25) is 0 Å². The Morgan fingerprint density at radius 3 is 2.62 bits per heavy atom.